The first kappa shape index (κ1) is 44.3. The SMILES string of the molecule is CC1(C)OB(Cc2ccc(F)cc2)OC1(C)C.CC1(C)[C@@H]2C[C@@H](O)[C@@](C)(O)[C@H]1C2.CC1(C)[C@@H]2C[C@H]3OB(Cc4ccc(F)cc4)O[C@@]3(C)[C@H]1C2.CCOCC. The van der Waals surface area contributed by atoms with E-state index in [1.54, 1.807) is 19.1 Å². The Morgan fingerprint density at radius 1 is 0.636 bits per heavy atom. The molecule has 0 spiro atoms. The van der Waals surface area contributed by atoms with Crippen molar-refractivity contribution < 1.29 is 42.3 Å². The summed E-state index contributed by atoms with van der Waals surface area (Å²) in [6.45, 7) is 26.9. The maximum Gasteiger partial charge on any atom is 0.462 e. The van der Waals surface area contributed by atoms with Gasteiger partial charge in [0.15, 0.2) is 0 Å². The maximum absolute atomic E-state index is 13.0. The molecule has 6 saturated carbocycles. The molecular weight excluding hydrogens is 700 g/mol. The number of halogens is 2. The number of hydrogen-bond donors (Lipinski definition) is 2. The lowest BCUT2D eigenvalue weighted by Gasteiger charge is -2.64. The number of benzene rings is 2. The van der Waals surface area contributed by atoms with E-state index in [0.717, 1.165) is 49.5 Å². The smallest absolute Gasteiger partial charge is 0.405 e. The Balaban J connectivity index is 0.000000154. The molecule has 306 valence electrons. The van der Waals surface area contributed by atoms with Crippen LogP contribution in [0, 0.1) is 46.1 Å². The van der Waals surface area contributed by atoms with Gasteiger partial charge in [0.2, 0.25) is 0 Å². The summed E-state index contributed by atoms with van der Waals surface area (Å²) in [4.78, 5) is 0. The number of hydrogen-bond acceptors (Lipinski definition) is 7. The largest absolute Gasteiger partial charge is 0.462 e. The van der Waals surface area contributed by atoms with Crippen molar-refractivity contribution in [1.82, 2.24) is 0 Å². The van der Waals surface area contributed by atoms with Gasteiger partial charge in [-0.1, -0.05) is 52.0 Å². The minimum atomic E-state index is -0.849. The van der Waals surface area contributed by atoms with Gasteiger partial charge in [-0.2, -0.15) is 0 Å². The summed E-state index contributed by atoms with van der Waals surface area (Å²) < 4.78 is 54.9. The maximum atomic E-state index is 13.0. The highest BCUT2D eigenvalue weighted by Crippen LogP contribution is 2.66. The highest BCUT2D eigenvalue weighted by molar-refractivity contribution is 6.45. The van der Waals surface area contributed by atoms with Crippen LogP contribution in [0.1, 0.15) is 120 Å². The summed E-state index contributed by atoms with van der Waals surface area (Å²) in [6, 6.07) is 13.1. The van der Waals surface area contributed by atoms with E-state index >= 15 is 0 Å². The normalized spacial score (nSPS) is 35.0. The van der Waals surface area contributed by atoms with Crippen LogP contribution in [-0.2, 0) is 36.0 Å². The second-order valence-corrected chi connectivity index (χ2v) is 19.3. The lowest BCUT2D eigenvalue weighted by molar-refractivity contribution is -0.245. The summed E-state index contributed by atoms with van der Waals surface area (Å²) >= 11 is 0. The molecule has 7 nitrogen and oxygen atoms in total. The molecule has 8 fully saturated rings. The molecule has 6 aliphatic carbocycles. The minimum absolute atomic E-state index is 0.150. The molecule has 0 aromatic heterocycles. The van der Waals surface area contributed by atoms with Crippen molar-refractivity contribution >= 4 is 14.2 Å². The Morgan fingerprint density at radius 3 is 1.47 bits per heavy atom. The number of aliphatic hydroxyl groups excluding tert-OH is 1. The minimum Gasteiger partial charge on any atom is -0.405 e. The highest BCUT2D eigenvalue weighted by atomic mass is 19.1. The molecule has 2 heterocycles. The van der Waals surface area contributed by atoms with E-state index in [9.17, 15) is 19.0 Å². The average Bonchev–Trinajstić information content (AvgIpc) is 3.54. The van der Waals surface area contributed by atoms with Crippen molar-refractivity contribution in [2.24, 2.45) is 34.5 Å². The van der Waals surface area contributed by atoms with Crippen LogP contribution in [0.15, 0.2) is 48.5 Å². The number of aliphatic hydroxyl groups is 2. The van der Waals surface area contributed by atoms with Crippen molar-refractivity contribution in [3.8, 4) is 0 Å². The molecule has 8 aliphatic rings. The third kappa shape index (κ3) is 9.09. The van der Waals surface area contributed by atoms with E-state index in [1.165, 1.54) is 30.7 Å². The quantitative estimate of drug-likeness (QED) is 0.284. The van der Waals surface area contributed by atoms with Crippen molar-refractivity contribution in [3.05, 3.63) is 71.3 Å². The zero-order chi connectivity index (χ0) is 40.8. The van der Waals surface area contributed by atoms with E-state index in [1.807, 2.05) is 53.7 Å². The number of ether oxygens (including phenoxy) is 1. The summed E-state index contributed by atoms with van der Waals surface area (Å²) in [5.41, 5.74) is 1.08. The lowest BCUT2D eigenvalue weighted by Crippen LogP contribution is -2.66. The molecule has 2 N–H and O–H groups in total. The van der Waals surface area contributed by atoms with Gasteiger partial charge in [0, 0.05) is 25.9 Å². The molecule has 0 radical (unpaired) electrons. The Labute approximate surface area is 330 Å². The van der Waals surface area contributed by atoms with E-state index in [4.69, 9.17) is 23.4 Å². The van der Waals surface area contributed by atoms with Gasteiger partial charge < -0.3 is 33.6 Å². The Kier molecular flexibility index (Phi) is 13.2. The van der Waals surface area contributed by atoms with Gasteiger partial charge in [-0.15, -0.1) is 0 Å². The fraction of sp³-hybridized carbons (Fsp3) is 0.727. The van der Waals surface area contributed by atoms with Gasteiger partial charge >= 0.3 is 14.2 Å². The number of fused-ring (bicyclic) bond motifs is 2. The molecule has 8 atom stereocenters. The van der Waals surface area contributed by atoms with E-state index in [2.05, 4.69) is 34.6 Å². The van der Waals surface area contributed by atoms with Crippen molar-refractivity contribution in [2.75, 3.05) is 13.2 Å². The average molecular weight is 769 g/mol. The predicted molar refractivity (Wildman–Crippen MR) is 215 cm³/mol. The summed E-state index contributed by atoms with van der Waals surface area (Å²) in [7, 11) is -0.453. The van der Waals surface area contributed by atoms with Gasteiger partial charge in [-0.3, -0.25) is 0 Å². The molecule has 4 bridgehead atoms. The molecule has 2 aromatic carbocycles. The van der Waals surface area contributed by atoms with E-state index in [0.29, 0.717) is 35.8 Å². The van der Waals surface area contributed by atoms with Crippen molar-refractivity contribution in [3.63, 3.8) is 0 Å². The van der Waals surface area contributed by atoms with Gasteiger partial charge in [-0.05, 0) is 151 Å². The molecule has 0 amide bonds. The van der Waals surface area contributed by atoms with Crippen LogP contribution in [0.2, 0.25) is 0 Å². The van der Waals surface area contributed by atoms with Gasteiger partial charge in [0.25, 0.3) is 0 Å². The predicted octanol–water partition coefficient (Wildman–Crippen LogP) is 8.84. The summed E-state index contributed by atoms with van der Waals surface area (Å²) in [5, 5.41) is 19.7. The van der Waals surface area contributed by atoms with Crippen LogP contribution in [-0.4, -0.2) is 72.3 Å². The second kappa shape index (κ2) is 16.4. The first-order valence-electron chi connectivity index (χ1n) is 20.6. The fourth-order valence-electron chi connectivity index (χ4n) is 10.1. The standard InChI is InChI=1S/C17H22BFO2.C13H18BFO2.C10H18O2.C4H10O/c1-16(2)12-8-14(16)17(3)15(9-12)20-18(21-17)10-11-4-6-13(19)7-5-11;1-12(2)13(3,4)17-14(16-12)9-10-5-7-11(15)8-6-10;1-9(2)6-4-7(9)10(3,12)8(11)5-6;1-3-5-4-2/h4-7,12,14-15H,8-10H2,1-3H3;5-8H,9H2,1-4H3;6-8,11-12H,4-5H2,1-3H3;3-4H2,1-2H3/t12-,14-,15+,17-;;6-,7-,8+,10-;/m0.0./s1. The van der Waals surface area contributed by atoms with Gasteiger partial charge in [-0.25, -0.2) is 8.78 Å². The summed E-state index contributed by atoms with van der Waals surface area (Å²) in [6.07, 6.45) is 5.31. The van der Waals surface area contributed by atoms with Crippen LogP contribution in [0.4, 0.5) is 8.78 Å². The van der Waals surface area contributed by atoms with Crippen molar-refractivity contribution in [2.45, 2.75) is 156 Å². The van der Waals surface area contributed by atoms with Crippen LogP contribution in [0.25, 0.3) is 0 Å². The Morgan fingerprint density at radius 2 is 1.07 bits per heavy atom. The molecule has 11 heteroatoms. The lowest BCUT2D eigenvalue weighted by atomic mass is 9.43. The zero-order valence-electron chi connectivity index (χ0n) is 35.6. The van der Waals surface area contributed by atoms with E-state index < -0.39 is 11.7 Å². The Bertz CT molecular complexity index is 1550. The molecule has 10 rings (SSSR count). The molecule has 2 aromatic rings. The zero-order valence-corrected chi connectivity index (χ0v) is 35.6. The van der Waals surface area contributed by atoms with Crippen LogP contribution in [0.3, 0.4) is 0 Å². The third-order valence-corrected chi connectivity index (χ3v) is 14.7. The number of rotatable bonds is 6. The van der Waals surface area contributed by atoms with Gasteiger partial charge in [0.1, 0.15) is 11.6 Å². The monoisotopic (exact) mass is 769 g/mol. The topological polar surface area (TPSA) is 86.6 Å². The molecular formula is C44H68B2F2O7. The first-order valence-corrected chi connectivity index (χ1v) is 20.6. The molecule has 2 saturated heterocycles. The van der Waals surface area contributed by atoms with E-state index in [-0.39, 0.29) is 54.2 Å². The highest BCUT2D eigenvalue weighted by Gasteiger charge is 2.68. The van der Waals surface area contributed by atoms with Crippen LogP contribution in [0.5, 0.6) is 0 Å². The first-order chi connectivity index (χ1) is 25.5. The second-order valence-electron chi connectivity index (χ2n) is 19.3. The van der Waals surface area contributed by atoms with Crippen LogP contribution >= 0.6 is 0 Å². The molecule has 55 heavy (non-hydrogen) atoms. The molecule has 0 unspecified atom stereocenters. The Hall–Kier alpha value is -1.85. The van der Waals surface area contributed by atoms with Crippen LogP contribution < -0.4 is 0 Å². The van der Waals surface area contributed by atoms with Crippen molar-refractivity contribution in [1.29, 1.82) is 0 Å². The van der Waals surface area contributed by atoms with Gasteiger partial charge in [0.05, 0.1) is 34.6 Å². The molecule has 2 aliphatic heterocycles. The fourth-order valence-corrected chi connectivity index (χ4v) is 10.1. The third-order valence-electron chi connectivity index (χ3n) is 14.7. The summed E-state index contributed by atoms with van der Waals surface area (Å²) in [5.74, 6) is 1.86.